The monoisotopic (exact) mass is 348 g/mol. The van der Waals surface area contributed by atoms with E-state index in [0.29, 0.717) is 5.92 Å². The fraction of sp³-hybridized carbons (Fsp3) is 0.429. The van der Waals surface area contributed by atoms with E-state index < -0.39 is 0 Å². The summed E-state index contributed by atoms with van der Waals surface area (Å²) < 4.78 is 8.52. The summed E-state index contributed by atoms with van der Waals surface area (Å²) in [6.45, 7) is 1.96. The van der Waals surface area contributed by atoms with Crippen LogP contribution in [0.5, 0.6) is 5.75 Å². The van der Waals surface area contributed by atoms with E-state index in [1.165, 1.54) is 29.4 Å². The Morgan fingerprint density at radius 1 is 1.00 bits per heavy atom. The maximum absolute atomic E-state index is 6.38. The van der Waals surface area contributed by atoms with Gasteiger partial charge >= 0.3 is 0 Å². The molecule has 0 radical (unpaired) electrons. The molecule has 3 heterocycles. The van der Waals surface area contributed by atoms with Gasteiger partial charge in [0.1, 0.15) is 11.9 Å². The highest BCUT2D eigenvalue weighted by atomic mass is 16.5. The van der Waals surface area contributed by atoms with Crippen molar-refractivity contribution < 1.29 is 4.74 Å². The molecule has 2 aliphatic rings. The van der Waals surface area contributed by atoms with E-state index in [9.17, 15) is 0 Å². The Bertz CT molecular complexity index is 923. The number of nitrogens with zero attached hydrogens (tertiary/aromatic N) is 4. The van der Waals surface area contributed by atoms with Crippen LogP contribution in [0.1, 0.15) is 37.3 Å². The van der Waals surface area contributed by atoms with E-state index in [-0.39, 0.29) is 6.10 Å². The summed E-state index contributed by atoms with van der Waals surface area (Å²) in [5.74, 6) is 2.72. The Balaban J connectivity index is 1.29. The Morgan fingerprint density at radius 3 is 2.62 bits per heavy atom. The highest BCUT2D eigenvalue weighted by Gasteiger charge is 2.31. The minimum Gasteiger partial charge on any atom is -0.490 e. The molecule has 2 fully saturated rings. The van der Waals surface area contributed by atoms with Gasteiger partial charge in [0.2, 0.25) is 0 Å². The molecule has 0 bridgehead atoms. The third-order valence-corrected chi connectivity index (χ3v) is 5.59. The SMILES string of the molecule is Cn1ccc2c(OC3CCN(c4nccnc4C4CC4)CC3)cccc21. The predicted octanol–water partition coefficient (Wildman–Crippen LogP) is 3.89. The van der Waals surface area contributed by atoms with Crippen LogP contribution in [0.4, 0.5) is 5.82 Å². The molecule has 0 spiro atoms. The van der Waals surface area contributed by atoms with Gasteiger partial charge in [-0.15, -0.1) is 0 Å². The van der Waals surface area contributed by atoms with Crippen molar-refractivity contribution in [2.45, 2.75) is 37.7 Å². The number of fused-ring (bicyclic) bond motifs is 1. The van der Waals surface area contributed by atoms with Crippen LogP contribution in [0.3, 0.4) is 0 Å². The van der Waals surface area contributed by atoms with Crippen LogP contribution in [0.15, 0.2) is 42.9 Å². The van der Waals surface area contributed by atoms with Gasteiger partial charge < -0.3 is 14.2 Å². The molecule has 0 unspecified atom stereocenters. The number of aromatic nitrogens is 3. The number of ether oxygens (including phenoxy) is 1. The third kappa shape index (κ3) is 2.81. The zero-order valence-corrected chi connectivity index (χ0v) is 15.1. The van der Waals surface area contributed by atoms with Crippen molar-refractivity contribution in [2.75, 3.05) is 18.0 Å². The number of rotatable bonds is 4. The molecule has 1 aliphatic heterocycles. The van der Waals surface area contributed by atoms with E-state index in [2.05, 4.69) is 56.9 Å². The highest BCUT2D eigenvalue weighted by Crippen LogP contribution is 2.42. The second-order valence-electron chi connectivity index (χ2n) is 7.46. The first-order chi connectivity index (χ1) is 12.8. The fourth-order valence-corrected chi connectivity index (χ4v) is 3.97. The van der Waals surface area contributed by atoms with E-state index in [1.807, 2.05) is 12.4 Å². The molecule has 134 valence electrons. The van der Waals surface area contributed by atoms with Crippen LogP contribution in [0.25, 0.3) is 10.9 Å². The summed E-state index contributed by atoms with van der Waals surface area (Å²) in [5, 5.41) is 1.20. The van der Waals surface area contributed by atoms with Gasteiger partial charge in [0.05, 0.1) is 11.2 Å². The zero-order chi connectivity index (χ0) is 17.5. The van der Waals surface area contributed by atoms with Crippen molar-refractivity contribution in [1.29, 1.82) is 0 Å². The molecule has 1 aromatic carbocycles. The summed E-state index contributed by atoms with van der Waals surface area (Å²) in [5.41, 5.74) is 2.41. The molecular formula is C21H24N4O. The summed E-state index contributed by atoms with van der Waals surface area (Å²) in [7, 11) is 2.07. The van der Waals surface area contributed by atoms with Crippen LogP contribution in [-0.2, 0) is 7.05 Å². The first-order valence-corrected chi connectivity index (χ1v) is 9.56. The van der Waals surface area contributed by atoms with Crippen molar-refractivity contribution in [3.05, 3.63) is 48.5 Å². The average Bonchev–Trinajstić information content (AvgIpc) is 3.46. The van der Waals surface area contributed by atoms with Crippen LogP contribution < -0.4 is 9.64 Å². The molecule has 0 atom stereocenters. The second-order valence-corrected chi connectivity index (χ2v) is 7.46. The van der Waals surface area contributed by atoms with E-state index in [0.717, 1.165) is 37.5 Å². The number of aryl methyl sites for hydroxylation is 1. The molecule has 1 saturated heterocycles. The van der Waals surface area contributed by atoms with Crippen molar-refractivity contribution in [1.82, 2.24) is 14.5 Å². The zero-order valence-electron chi connectivity index (χ0n) is 15.1. The predicted molar refractivity (Wildman–Crippen MR) is 103 cm³/mol. The summed E-state index contributed by atoms with van der Waals surface area (Å²) in [6.07, 6.45) is 10.5. The van der Waals surface area contributed by atoms with Gasteiger partial charge in [-0.2, -0.15) is 0 Å². The third-order valence-electron chi connectivity index (χ3n) is 5.59. The molecule has 5 rings (SSSR count). The lowest BCUT2D eigenvalue weighted by Gasteiger charge is -2.33. The molecule has 5 heteroatoms. The van der Waals surface area contributed by atoms with Crippen LogP contribution in [0.2, 0.25) is 0 Å². The standard InChI is InChI=1S/C21H24N4O/c1-24-12-9-17-18(24)3-2-4-19(17)26-16-7-13-25(14-8-16)21-20(15-5-6-15)22-10-11-23-21/h2-4,9-12,15-16H,5-8,13-14H2,1H3. The van der Waals surface area contributed by atoms with E-state index in [4.69, 9.17) is 4.74 Å². The molecule has 5 nitrogen and oxygen atoms in total. The molecule has 0 N–H and O–H groups in total. The molecule has 3 aromatic rings. The molecule has 1 saturated carbocycles. The Labute approximate surface area is 153 Å². The highest BCUT2D eigenvalue weighted by molar-refractivity contribution is 5.86. The number of piperidine rings is 1. The summed E-state index contributed by atoms with van der Waals surface area (Å²) >= 11 is 0. The molecule has 26 heavy (non-hydrogen) atoms. The van der Waals surface area contributed by atoms with Crippen molar-refractivity contribution in [3.63, 3.8) is 0 Å². The van der Waals surface area contributed by atoms with Gasteiger partial charge in [0.25, 0.3) is 0 Å². The molecule has 1 aliphatic carbocycles. The molecule has 0 amide bonds. The number of hydrogen-bond donors (Lipinski definition) is 0. The lowest BCUT2D eigenvalue weighted by atomic mass is 10.1. The van der Waals surface area contributed by atoms with Gasteiger partial charge in [-0.3, -0.25) is 4.98 Å². The van der Waals surface area contributed by atoms with Gasteiger partial charge in [-0.05, 0) is 31.0 Å². The number of hydrogen-bond acceptors (Lipinski definition) is 4. The summed E-state index contributed by atoms with van der Waals surface area (Å²) in [4.78, 5) is 11.6. The number of benzene rings is 1. The molecular weight excluding hydrogens is 324 g/mol. The van der Waals surface area contributed by atoms with Gasteiger partial charge in [0.15, 0.2) is 5.82 Å². The maximum atomic E-state index is 6.38. The minimum atomic E-state index is 0.262. The van der Waals surface area contributed by atoms with Gasteiger partial charge in [-0.1, -0.05) is 6.07 Å². The van der Waals surface area contributed by atoms with E-state index >= 15 is 0 Å². The Hall–Kier alpha value is -2.56. The Morgan fingerprint density at radius 2 is 1.81 bits per heavy atom. The van der Waals surface area contributed by atoms with Crippen molar-refractivity contribution in [3.8, 4) is 5.75 Å². The fourth-order valence-electron chi connectivity index (χ4n) is 3.97. The lowest BCUT2D eigenvalue weighted by Crippen LogP contribution is -2.39. The van der Waals surface area contributed by atoms with Crippen molar-refractivity contribution >= 4 is 16.7 Å². The number of anilines is 1. The minimum absolute atomic E-state index is 0.262. The lowest BCUT2D eigenvalue weighted by molar-refractivity contribution is 0.173. The van der Waals surface area contributed by atoms with Crippen LogP contribution in [0, 0.1) is 0 Å². The average molecular weight is 348 g/mol. The molecule has 2 aromatic heterocycles. The van der Waals surface area contributed by atoms with Crippen LogP contribution >= 0.6 is 0 Å². The van der Waals surface area contributed by atoms with E-state index in [1.54, 1.807) is 0 Å². The van der Waals surface area contributed by atoms with Gasteiger partial charge in [0, 0.05) is 62.9 Å². The van der Waals surface area contributed by atoms with Crippen LogP contribution in [-0.4, -0.2) is 33.7 Å². The second kappa shape index (κ2) is 6.31. The van der Waals surface area contributed by atoms with Crippen molar-refractivity contribution in [2.24, 2.45) is 7.05 Å². The quantitative estimate of drug-likeness (QED) is 0.717. The normalized spacial score (nSPS) is 18.4. The maximum Gasteiger partial charge on any atom is 0.150 e. The topological polar surface area (TPSA) is 43.2 Å². The first-order valence-electron chi connectivity index (χ1n) is 9.56. The smallest absolute Gasteiger partial charge is 0.150 e. The Kier molecular flexibility index (Phi) is 3.80. The summed E-state index contributed by atoms with van der Waals surface area (Å²) in [6, 6.07) is 8.44. The van der Waals surface area contributed by atoms with Gasteiger partial charge in [-0.25, -0.2) is 4.98 Å². The first kappa shape index (κ1) is 15.7. The largest absolute Gasteiger partial charge is 0.490 e.